The second-order valence-corrected chi connectivity index (χ2v) is 4.90. The molecular formula is C15H20N4O2. The number of hydrogen-bond acceptors (Lipinski definition) is 5. The summed E-state index contributed by atoms with van der Waals surface area (Å²) in [6.07, 6.45) is 2.16. The van der Waals surface area contributed by atoms with Crippen LogP contribution in [0, 0.1) is 0 Å². The van der Waals surface area contributed by atoms with Crippen molar-refractivity contribution < 1.29 is 9.90 Å². The van der Waals surface area contributed by atoms with E-state index >= 15 is 0 Å². The normalized spacial score (nSPS) is 13.7. The van der Waals surface area contributed by atoms with Crippen LogP contribution in [0.2, 0.25) is 0 Å². The van der Waals surface area contributed by atoms with E-state index in [1.807, 2.05) is 31.2 Å². The van der Waals surface area contributed by atoms with Gasteiger partial charge < -0.3 is 15.7 Å². The van der Waals surface area contributed by atoms with Crippen molar-refractivity contribution in [1.82, 2.24) is 15.3 Å². The maximum atomic E-state index is 12.1. The molecule has 0 aliphatic carbocycles. The van der Waals surface area contributed by atoms with Crippen LogP contribution in [0.25, 0.3) is 10.9 Å². The van der Waals surface area contributed by atoms with Gasteiger partial charge in [-0.2, -0.15) is 0 Å². The van der Waals surface area contributed by atoms with Gasteiger partial charge in [0.15, 0.2) is 0 Å². The molecule has 0 fully saturated rings. The van der Waals surface area contributed by atoms with Gasteiger partial charge in [0.1, 0.15) is 18.2 Å². The third-order valence-electron chi connectivity index (χ3n) is 3.35. The van der Waals surface area contributed by atoms with Crippen molar-refractivity contribution in [3.8, 4) is 0 Å². The molecule has 6 heteroatoms. The molecule has 0 spiro atoms. The monoisotopic (exact) mass is 288 g/mol. The number of hydrogen-bond donors (Lipinski definition) is 3. The van der Waals surface area contributed by atoms with Crippen LogP contribution in [-0.4, -0.2) is 39.7 Å². The average molecular weight is 288 g/mol. The number of fused-ring (bicyclic) bond motifs is 1. The summed E-state index contributed by atoms with van der Waals surface area (Å²) in [6, 6.07) is 6.94. The van der Waals surface area contributed by atoms with Crippen LogP contribution in [0.1, 0.15) is 20.3 Å². The number of carbonyl (C=O) groups excluding carboxylic acids is 1. The van der Waals surface area contributed by atoms with E-state index in [4.69, 9.17) is 5.11 Å². The number of aliphatic hydroxyl groups excluding tert-OH is 1. The third-order valence-corrected chi connectivity index (χ3v) is 3.35. The van der Waals surface area contributed by atoms with Crippen molar-refractivity contribution in [2.75, 3.05) is 11.9 Å². The highest BCUT2D eigenvalue weighted by Gasteiger charge is 2.17. The minimum atomic E-state index is -0.455. The van der Waals surface area contributed by atoms with Crippen molar-refractivity contribution in [3.63, 3.8) is 0 Å². The van der Waals surface area contributed by atoms with E-state index in [1.165, 1.54) is 6.33 Å². The molecule has 2 atom stereocenters. The number of aliphatic hydroxyl groups is 1. The molecule has 0 aliphatic heterocycles. The van der Waals surface area contributed by atoms with Crippen molar-refractivity contribution in [3.05, 3.63) is 30.6 Å². The molecule has 0 bridgehead atoms. The van der Waals surface area contributed by atoms with E-state index < -0.39 is 6.04 Å². The largest absolute Gasteiger partial charge is 0.394 e. The fourth-order valence-electron chi connectivity index (χ4n) is 1.99. The maximum Gasteiger partial charge on any atom is 0.242 e. The Balaban J connectivity index is 2.11. The SMILES string of the molecule is CCC(CO)NC(=O)C(C)Nc1ncnc2ccccc12. The first-order chi connectivity index (χ1) is 10.2. The molecule has 0 aliphatic rings. The molecule has 0 saturated carbocycles. The molecule has 6 nitrogen and oxygen atoms in total. The molecule has 21 heavy (non-hydrogen) atoms. The summed E-state index contributed by atoms with van der Waals surface area (Å²) in [7, 11) is 0. The smallest absolute Gasteiger partial charge is 0.242 e. The van der Waals surface area contributed by atoms with Gasteiger partial charge in [0.05, 0.1) is 18.2 Å². The van der Waals surface area contributed by atoms with Gasteiger partial charge in [-0.15, -0.1) is 0 Å². The van der Waals surface area contributed by atoms with Gasteiger partial charge in [0.2, 0.25) is 5.91 Å². The van der Waals surface area contributed by atoms with Crippen LogP contribution in [-0.2, 0) is 4.79 Å². The molecule has 1 amide bonds. The minimum absolute atomic E-state index is 0.0641. The fourth-order valence-corrected chi connectivity index (χ4v) is 1.99. The van der Waals surface area contributed by atoms with E-state index in [0.717, 1.165) is 10.9 Å². The quantitative estimate of drug-likeness (QED) is 0.746. The van der Waals surface area contributed by atoms with Crippen LogP contribution < -0.4 is 10.6 Å². The van der Waals surface area contributed by atoms with Crippen molar-refractivity contribution in [2.45, 2.75) is 32.4 Å². The van der Waals surface area contributed by atoms with Crippen LogP contribution in [0.5, 0.6) is 0 Å². The zero-order valence-corrected chi connectivity index (χ0v) is 12.2. The Kier molecular flexibility index (Phi) is 5.05. The Bertz CT molecular complexity index is 608. The maximum absolute atomic E-state index is 12.1. The van der Waals surface area contributed by atoms with E-state index in [9.17, 15) is 4.79 Å². The molecule has 2 aromatic rings. The Hall–Kier alpha value is -2.21. The Morgan fingerprint density at radius 2 is 2.10 bits per heavy atom. The van der Waals surface area contributed by atoms with Gasteiger partial charge in [0.25, 0.3) is 0 Å². The topological polar surface area (TPSA) is 87.1 Å². The molecule has 0 saturated heterocycles. The number of amides is 1. The molecular weight excluding hydrogens is 268 g/mol. The number of nitrogens with zero attached hydrogens (tertiary/aromatic N) is 2. The molecule has 0 radical (unpaired) electrons. The number of carbonyl (C=O) groups is 1. The summed E-state index contributed by atoms with van der Waals surface area (Å²) in [5, 5.41) is 15.9. The van der Waals surface area contributed by atoms with E-state index in [2.05, 4.69) is 20.6 Å². The lowest BCUT2D eigenvalue weighted by atomic mass is 10.2. The fraction of sp³-hybridized carbons (Fsp3) is 0.400. The lowest BCUT2D eigenvalue weighted by Crippen LogP contribution is -2.44. The highest BCUT2D eigenvalue weighted by molar-refractivity contribution is 5.91. The van der Waals surface area contributed by atoms with Crippen LogP contribution in [0.4, 0.5) is 5.82 Å². The molecule has 1 aromatic heterocycles. The molecule has 2 rings (SSSR count). The second-order valence-electron chi connectivity index (χ2n) is 4.90. The highest BCUT2D eigenvalue weighted by atomic mass is 16.3. The first-order valence-corrected chi connectivity index (χ1v) is 7.03. The predicted octanol–water partition coefficient (Wildman–Crippen LogP) is 1.32. The summed E-state index contributed by atoms with van der Waals surface area (Å²) in [5.41, 5.74) is 0.824. The number of nitrogens with one attached hydrogen (secondary N) is 2. The van der Waals surface area contributed by atoms with E-state index in [-0.39, 0.29) is 18.6 Å². The zero-order chi connectivity index (χ0) is 15.2. The summed E-state index contributed by atoms with van der Waals surface area (Å²) < 4.78 is 0. The Morgan fingerprint density at radius 3 is 2.81 bits per heavy atom. The zero-order valence-electron chi connectivity index (χ0n) is 12.2. The first-order valence-electron chi connectivity index (χ1n) is 7.03. The molecule has 3 N–H and O–H groups in total. The molecule has 1 heterocycles. The summed E-state index contributed by atoms with van der Waals surface area (Å²) in [4.78, 5) is 20.5. The van der Waals surface area contributed by atoms with E-state index in [0.29, 0.717) is 12.2 Å². The minimum Gasteiger partial charge on any atom is -0.394 e. The number of para-hydroxylation sites is 1. The Morgan fingerprint density at radius 1 is 1.33 bits per heavy atom. The summed E-state index contributed by atoms with van der Waals surface area (Å²) in [6.45, 7) is 3.61. The second kappa shape index (κ2) is 6.99. The predicted molar refractivity (Wildman–Crippen MR) is 81.9 cm³/mol. The molecule has 112 valence electrons. The van der Waals surface area contributed by atoms with Crippen molar-refractivity contribution in [2.24, 2.45) is 0 Å². The number of rotatable bonds is 6. The van der Waals surface area contributed by atoms with Crippen molar-refractivity contribution >= 4 is 22.6 Å². The van der Waals surface area contributed by atoms with Crippen LogP contribution in [0.3, 0.4) is 0 Å². The van der Waals surface area contributed by atoms with Gasteiger partial charge in [0, 0.05) is 5.39 Å². The molecule has 1 aromatic carbocycles. The van der Waals surface area contributed by atoms with Gasteiger partial charge >= 0.3 is 0 Å². The van der Waals surface area contributed by atoms with Gasteiger partial charge in [-0.05, 0) is 25.5 Å². The van der Waals surface area contributed by atoms with Gasteiger partial charge in [-0.1, -0.05) is 19.1 Å². The number of anilines is 1. The standard InChI is InChI=1S/C15H20N4O2/c1-3-11(8-20)19-15(21)10(2)18-14-12-6-4-5-7-13(12)16-9-17-14/h4-7,9-11,20H,3,8H2,1-2H3,(H,19,21)(H,16,17,18). The first kappa shape index (κ1) is 15.2. The summed E-state index contributed by atoms with van der Waals surface area (Å²) in [5.74, 6) is 0.457. The van der Waals surface area contributed by atoms with E-state index in [1.54, 1.807) is 6.92 Å². The van der Waals surface area contributed by atoms with Crippen LogP contribution >= 0.6 is 0 Å². The number of benzene rings is 1. The summed E-state index contributed by atoms with van der Waals surface area (Å²) >= 11 is 0. The van der Waals surface area contributed by atoms with Crippen molar-refractivity contribution in [1.29, 1.82) is 0 Å². The lowest BCUT2D eigenvalue weighted by Gasteiger charge is -2.19. The number of aromatic nitrogens is 2. The van der Waals surface area contributed by atoms with Gasteiger partial charge in [-0.3, -0.25) is 4.79 Å². The van der Waals surface area contributed by atoms with Crippen LogP contribution in [0.15, 0.2) is 30.6 Å². The molecule has 2 unspecified atom stereocenters. The third kappa shape index (κ3) is 3.66. The Labute approximate surface area is 123 Å². The van der Waals surface area contributed by atoms with Gasteiger partial charge in [-0.25, -0.2) is 9.97 Å². The average Bonchev–Trinajstić information content (AvgIpc) is 2.52. The lowest BCUT2D eigenvalue weighted by molar-refractivity contribution is -0.122. The highest BCUT2D eigenvalue weighted by Crippen LogP contribution is 2.18.